The van der Waals surface area contributed by atoms with Crippen molar-refractivity contribution in [2.75, 3.05) is 32.9 Å². The molecule has 1 aliphatic rings. The Morgan fingerprint density at radius 3 is 2.53 bits per heavy atom. The van der Waals surface area contributed by atoms with Crippen molar-refractivity contribution < 1.29 is 13.2 Å². The Balaban J connectivity index is 2.30. The number of rotatable bonds is 4. The van der Waals surface area contributed by atoms with Gasteiger partial charge in [-0.2, -0.15) is 0 Å². The minimum absolute atomic E-state index is 0.194. The Bertz CT molecular complexity index is 431. The summed E-state index contributed by atoms with van der Waals surface area (Å²) in [6, 6.07) is 2.75. The number of aryl methyl sites for hydroxylation is 1. The van der Waals surface area contributed by atoms with Gasteiger partial charge in [-0.15, -0.1) is 0 Å². The monoisotopic (exact) mass is 272 g/mol. The highest BCUT2D eigenvalue weighted by atomic mass is 19.2. The third-order valence-corrected chi connectivity index (χ3v) is 3.64. The molecular weight excluding hydrogens is 253 g/mol. The molecule has 0 radical (unpaired) electrons. The summed E-state index contributed by atoms with van der Waals surface area (Å²) in [5.41, 5.74) is 0.545. The summed E-state index contributed by atoms with van der Waals surface area (Å²) in [6.45, 7) is 4.01. The molecule has 5 heteroatoms. The fourth-order valence-corrected chi connectivity index (χ4v) is 2.55. The molecule has 1 aromatic carbocycles. The number of benzene rings is 1. The van der Waals surface area contributed by atoms with Crippen LogP contribution in [-0.4, -0.2) is 37.8 Å². The molecular formula is C14H19F3N2. The predicted octanol–water partition coefficient (Wildman–Crippen LogP) is 2.58. The normalized spacial score (nSPS) is 18.5. The van der Waals surface area contributed by atoms with Crippen molar-refractivity contribution in [1.82, 2.24) is 10.2 Å². The number of halogens is 3. The van der Waals surface area contributed by atoms with Crippen molar-refractivity contribution in [3.63, 3.8) is 0 Å². The second-order valence-corrected chi connectivity index (χ2v) is 4.88. The van der Waals surface area contributed by atoms with Crippen molar-refractivity contribution in [2.45, 2.75) is 19.4 Å². The van der Waals surface area contributed by atoms with Crippen LogP contribution in [0.5, 0.6) is 0 Å². The Morgan fingerprint density at radius 2 is 1.89 bits per heavy atom. The summed E-state index contributed by atoms with van der Waals surface area (Å²) in [6.07, 6.45) is 0.194. The molecule has 1 saturated heterocycles. The molecule has 1 atom stereocenters. The zero-order valence-corrected chi connectivity index (χ0v) is 11.1. The van der Waals surface area contributed by atoms with E-state index in [1.807, 2.05) is 4.90 Å². The first kappa shape index (κ1) is 14.3. The predicted molar refractivity (Wildman–Crippen MR) is 68.9 cm³/mol. The van der Waals surface area contributed by atoms with Gasteiger partial charge in [-0.1, -0.05) is 12.1 Å². The topological polar surface area (TPSA) is 15.3 Å². The van der Waals surface area contributed by atoms with Crippen LogP contribution in [0, 0.1) is 18.6 Å². The van der Waals surface area contributed by atoms with Crippen molar-refractivity contribution in [1.29, 1.82) is 0 Å². The quantitative estimate of drug-likeness (QED) is 0.906. The number of hydrogen-bond acceptors (Lipinski definition) is 2. The molecule has 0 aromatic heterocycles. The van der Waals surface area contributed by atoms with E-state index in [2.05, 4.69) is 5.32 Å². The fraction of sp³-hybridized carbons (Fsp3) is 0.571. The van der Waals surface area contributed by atoms with Crippen molar-refractivity contribution in [2.24, 2.45) is 0 Å². The standard InChI is InChI=1S/C14H19F3N2/c1-10-2-3-11(14(17)13(10)16)12(4-5-15)19-8-6-18-7-9-19/h2-3,12,18H,4-9H2,1H3/t12-/m0/s1. The van der Waals surface area contributed by atoms with E-state index in [1.54, 1.807) is 12.1 Å². The number of alkyl halides is 1. The summed E-state index contributed by atoms with van der Waals surface area (Å²) >= 11 is 0. The van der Waals surface area contributed by atoms with Gasteiger partial charge in [-0.3, -0.25) is 9.29 Å². The maximum absolute atomic E-state index is 14.1. The van der Waals surface area contributed by atoms with E-state index in [-0.39, 0.29) is 23.6 Å². The molecule has 0 spiro atoms. The van der Waals surface area contributed by atoms with E-state index >= 15 is 0 Å². The van der Waals surface area contributed by atoms with Gasteiger partial charge in [-0.05, 0) is 18.9 Å². The second kappa shape index (κ2) is 6.39. The van der Waals surface area contributed by atoms with Crippen LogP contribution < -0.4 is 5.32 Å². The first-order chi connectivity index (χ1) is 9.15. The molecule has 2 rings (SSSR count). The van der Waals surface area contributed by atoms with Gasteiger partial charge in [0.2, 0.25) is 0 Å². The summed E-state index contributed by atoms with van der Waals surface area (Å²) in [5.74, 6) is -1.66. The zero-order chi connectivity index (χ0) is 13.8. The highest BCUT2D eigenvalue weighted by molar-refractivity contribution is 5.28. The smallest absolute Gasteiger partial charge is 0.163 e. The average Bonchev–Trinajstić information content (AvgIpc) is 2.44. The average molecular weight is 272 g/mol. The van der Waals surface area contributed by atoms with Crippen molar-refractivity contribution in [3.8, 4) is 0 Å². The van der Waals surface area contributed by atoms with Gasteiger partial charge in [0.15, 0.2) is 11.6 Å². The minimum atomic E-state index is -0.836. The lowest BCUT2D eigenvalue weighted by Crippen LogP contribution is -2.45. The second-order valence-electron chi connectivity index (χ2n) is 4.88. The maximum Gasteiger partial charge on any atom is 0.163 e. The number of nitrogens with zero attached hydrogens (tertiary/aromatic N) is 1. The van der Waals surface area contributed by atoms with Crippen LogP contribution in [0.1, 0.15) is 23.6 Å². The maximum atomic E-state index is 14.1. The molecule has 1 fully saturated rings. The van der Waals surface area contributed by atoms with E-state index in [1.165, 1.54) is 6.92 Å². The lowest BCUT2D eigenvalue weighted by Gasteiger charge is -2.35. The van der Waals surface area contributed by atoms with Gasteiger partial charge in [0.05, 0.1) is 6.67 Å². The number of hydrogen-bond donors (Lipinski definition) is 1. The van der Waals surface area contributed by atoms with E-state index in [9.17, 15) is 13.2 Å². The molecule has 1 heterocycles. The Kier molecular flexibility index (Phi) is 4.82. The van der Waals surface area contributed by atoms with E-state index in [0.29, 0.717) is 0 Å². The van der Waals surface area contributed by atoms with E-state index in [0.717, 1.165) is 26.2 Å². The van der Waals surface area contributed by atoms with Crippen LogP contribution in [0.25, 0.3) is 0 Å². The Morgan fingerprint density at radius 1 is 1.21 bits per heavy atom. The Hall–Kier alpha value is -1.07. The Labute approximate surface area is 111 Å². The first-order valence-electron chi connectivity index (χ1n) is 6.60. The van der Waals surface area contributed by atoms with E-state index < -0.39 is 18.3 Å². The minimum Gasteiger partial charge on any atom is -0.314 e. The molecule has 1 aliphatic heterocycles. The van der Waals surface area contributed by atoms with Crippen molar-refractivity contribution >= 4 is 0 Å². The van der Waals surface area contributed by atoms with Gasteiger partial charge in [-0.25, -0.2) is 8.78 Å². The van der Waals surface area contributed by atoms with Gasteiger partial charge >= 0.3 is 0 Å². The molecule has 0 amide bonds. The molecule has 0 unspecified atom stereocenters. The molecule has 2 nitrogen and oxygen atoms in total. The van der Waals surface area contributed by atoms with Crippen LogP contribution in [-0.2, 0) is 0 Å². The lowest BCUT2D eigenvalue weighted by molar-refractivity contribution is 0.153. The molecule has 1 N–H and O–H groups in total. The van der Waals surface area contributed by atoms with E-state index in [4.69, 9.17) is 0 Å². The fourth-order valence-electron chi connectivity index (χ4n) is 2.55. The molecule has 0 saturated carbocycles. The highest BCUT2D eigenvalue weighted by Crippen LogP contribution is 2.29. The van der Waals surface area contributed by atoms with Crippen LogP contribution in [0.3, 0.4) is 0 Å². The van der Waals surface area contributed by atoms with Crippen LogP contribution in [0.2, 0.25) is 0 Å². The number of nitrogens with one attached hydrogen (secondary N) is 1. The van der Waals surface area contributed by atoms with Gasteiger partial charge in [0.25, 0.3) is 0 Å². The summed E-state index contributed by atoms with van der Waals surface area (Å²) < 4.78 is 40.4. The van der Waals surface area contributed by atoms with Gasteiger partial charge in [0, 0.05) is 37.8 Å². The number of piperazine rings is 1. The largest absolute Gasteiger partial charge is 0.314 e. The summed E-state index contributed by atoms with van der Waals surface area (Å²) in [5, 5.41) is 3.20. The third-order valence-electron chi connectivity index (χ3n) is 3.64. The highest BCUT2D eigenvalue weighted by Gasteiger charge is 2.26. The third kappa shape index (κ3) is 3.09. The summed E-state index contributed by atoms with van der Waals surface area (Å²) in [7, 11) is 0. The van der Waals surface area contributed by atoms with Crippen LogP contribution >= 0.6 is 0 Å². The van der Waals surface area contributed by atoms with Crippen molar-refractivity contribution in [3.05, 3.63) is 34.9 Å². The van der Waals surface area contributed by atoms with Crippen LogP contribution in [0.4, 0.5) is 13.2 Å². The first-order valence-corrected chi connectivity index (χ1v) is 6.60. The van der Waals surface area contributed by atoms with Crippen LogP contribution in [0.15, 0.2) is 12.1 Å². The van der Waals surface area contributed by atoms with Gasteiger partial charge in [0.1, 0.15) is 0 Å². The molecule has 0 aliphatic carbocycles. The zero-order valence-electron chi connectivity index (χ0n) is 11.1. The SMILES string of the molecule is Cc1ccc([C@H](CCF)N2CCNCC2)c(F)c1F. The lowest BCUT2D eigenvalue weighted by atomic mass is 9.99. The molecule has 106 valence electrons. The molecule has 0 bridgehead atoms. The summed E-state index contributed by atoms with van der Waals surface area (Å²) in [4.78, 5) is 2.02. The molecule has 19 heavy (non-hydrogen) atoms. The molecule has 1 aromatic rings. The van der Waals surface area contributed by atoms with Gasteiger partial charge < -0.3 is 5.32 Å².